The van der Waals surface area contributed by atoms with E-state index in [-0.39, 0.29) is 18.4 Å². The van der Waals surface area contributed by atoms with Crippen molar-refractivity contribution in [2.24, 2.45) is 0 Å². The molecular formula is C13H14BrNO3. The number of imide groups is 1. The summed E-state index contributed by atoms with van der Waals surface area (Å²) in [6.45, 7) is 0.373. The maximum atomic E-state index is 12.3. The first-order valence-electron chi connectivity index (χ1n) is 5.86. The van der Waals surface area contributed by atoms with E-state index in [9.17, 15) is 9.59 Å². The molecule has 1 aliphatic heterocycles. The number of alkyl halides is 1. The first kappa shape index (κ1) is 13.1. The third-order valence-electron chi connectivity index (χ3n) is 2.78. The topological polar surface area (TPSA) is 46.6 Å². The van der Waals surface area contributed by atoms with E-state index in [2.05, 4.69) is 15.9 Å². The molecule has 0 aliphatic carbocycles. The Morgan fingerprint density at radius 3 is 2.78 bits per heavy atom. The zero-order chi connectivity index (χ0) is 13.0. The summed E-state index contributed by atoms with van der Waals surface area (Å²) < 4.78 is 5.35. The van der Waals surface area contributed by atoms with Crippen LogP contribution >= 0.6 is 15.9 Å². The second-order valence-electron chi connectivity index (χ2n) is 4.03. The lowest BCUT2D eigenvalue weighted by molar-refractivity contribution is -0.130. The van der Waals surface area contributed by atoms with Gasteiger partial charge in [-0.05, 0) is 25.0 Å². The fourth-order valence-corrected chi connectivity index (χ4v) is 2.23. The van der Waals surface area contributed by atoms with Crippen molar-refractivity contribution in [2.75, 3.05) is 18.5 Å². The van der Waals surface area contributed by atoms with Gasteiger partial charge in [-0.3, -0.25) is 14.5 Å². The fraction of sp³-hybridized carbons (Fsp3) is 0.385. The minimum Gasteiger partial charge on any atom is -0.483 e. The predicted octanol–water partition coefficient (Wildman–Crippen LogP) is 2.22. The molecule has 0 saturated carbocycles. The van der Waals surface area contributed by atoms with Crippen LogP contribution in [0.5, 0.6) is 5.75 Å². The van der Waals surface area contributed by atoms with E-state index in [0.29, 0.717) is 17.9 Å². The summed E-state index contributed by atoms with van der Waals surface area (Å²) in [6, 6.07) is 6.96. The van der Waals surface area contributed by atoms with Crippen molar-refractivity contribution in [1.29, 1.82) is 0 Å². The maximum Gasteiger partial charge on any atom is 0.267 e. The number of halogens is 1. The summed E-state index contributed by atoms with van der Waals surface area (Å²) in [5.41, 5.74) is 0.460. The number of carbonyl (C=O) groups excluding carboxylic acids is 2. The maximum absolute atomic E-state index is 12.3. The number of unbranched alkanes of at least 4 members (excludes halogenated alkanes) is 1. The highest BCUT2D eigenvalue weighted by molar-refractivity contribution is 9.09. The molecule has 1 aromatic carbocycles. The second-order valence-corrected chi connectivity index (χ2v) is 4.82. The molecule has 4 nitrogen and oxygen atoms in total. The number of para-hydroxylation sites is 1. The molecule has 0 atom stereocenters. The summed E-state index contributed by atoms with van der Waals surface area (Å²) in [6.07, 6.45) is 1.73. The van der Waals surface area contributed by atoms with E-state index in [1.54, 1.807) is 24.3 Å². The number of nitrogens with zero attached hydrogens (tertiary/aromatic N) is 1. The highest BCUT2D eigenvalue weighted by atomic mass is 79.9. The zero-order valence-electron chi connectivity index (χ0n) is 9.89. The third-order valence-corrected chi connectivity index (χ3v) is 3.34. The van der Waals surface area contributed by atoms with Gasteiger partial charge in [-0.15, -0.1) is 0 Å². The number of hydrogen-bond acceptors (Lipinski definition) is 3. The quantitative estimate of drug-likeness (QED) is 0.486. The van der Waals surface area contributed by atoms with Crippen molar-refractivity contribution >= 4 is 27.7 Å². The Hall–Kier alpha value is -1.36. The first-order chi connectivity index (χ1) is 8.74. The summed E-state index contributed by atoms with van der Waals surface area (Å²) in [7, 11) is 0. The molecule has 1 aromatic rings. The molecule has 0 radical (unpaired) electrons. The molecule has 96 valence electrons. The number of fused-ring (bicyclic) bond motifs is 1. The van der Waals surface area contributed by atoms with Crippen LogP contribution in [-0.2, 0) is 4.79 Å². The minimum atomic E-state index is -0.272. The van der Waals surface area contributed by atoms with Gasteiger partial charge in [0.15, 0.2) is 6.61 Å². The summed E-state index contributed by atoms with van der Waals surface area (Å²) in [5.74, 6) is -0.0488. The lowest BCUT2D eigenvalue weighted by atomic mass is 10.1. The normalized spacial score (nSPS) is 15.1. The summed E-state index contributed by atoms with van der Waals surface area (Å²) in [5, 5.41) is 0.871. The molecule has 1 aliphatic rings. The molecule has 0 aromatic heterocycles. The number of ether oxygens (including phenoxy) is 1. The van der Waals surface area contributed by atoms with Crippen LogP contribution in [0.4, 0.5) is 0 Å². The highest BCUT2D eigenvalue weighted by Gasteiger charge is 2.28. The van der Waals surface area contributed by atoms with E-state index in [4.69, 9.17) is 4.74 Å². The van der Waals surface area contributed by atoms with Crippen LogP contribution in [0.3, 0.4) is 0 Å². The van der Waals surface area contributed by atoms with Gasteiger partial charge in [-0.25, -0.2) is 0 Å². The van der Waals surface area contributed by atoms with Crippen LogP contribution in [0.25, 0.3) is 0 Å². The van der Waals surface area contributed by atoms with Gasteiger partial charge in [-0.2, -0.15) is 0 Å². The lowest BCUT2D eigenvalue weighted by Crippen LogP contribution is -2.38. The Bertz CT molecular complexity index is 461. The standard InChI is InChI=1S/C13H14BrNO3/c14-7-3-4-8-15-12(16)9-18-11-6-2-1-5-10(11)13(15)17/h1-2,5-6H,3-4,7-9H2. The Kier molecular flexibility index (Phi) is 4.36. The molecule has 0 spiro atoms. The monoisotopic (exact) mass is 311 g/mol. The predicted molar refractivity (Wildman–Crippen MR) is 71.0 cm³/mol. The Morgan fingerprint density at radius 2 is 2.00 bits per heavy atom. The van der Waals surface area contributed by atoms with Crippen molar-refractivity contribution in [3.8, 4) is 5.75 Å². The van der Waals surface area contributed by atoms with Crippen LogP contribution in [0.15, 0.2) is 24.3 Å². The summed E-state index contributed by atoms with van der Waals surface area (Å²) in [4.78, 5) is 25.4. The van der Waals surface area contributed by atoms with E-state index in [0.717, 1.165) is 18.2 Å². The fourth-order valence-electron chi connectivity index (χ4n) is 1.84. The van der Waals surface area contributed by atoms with Gasteiger partial charge in [0.05, 0.1) is 5.56 Å². The third kappa shape index (κ3) is 2.72. The molecule has 1 heterocycles. The average Bonchev–Trinajstić information content (AvgIpc) is 2.51. The molecule has 18 heavy (non-hydrogen) atoms. The van der Waals surface area contributed by atoms with Gasteiger partial charge < -0.3 is 4.74 Å². The van der Waals surface area contributed by atoms with E-state index < -0.39 is 0 Å². The number of rotatable bonds is 4. The number of carbonyl (C=O) groups is 2. The number of amides is 2. The molecule has 2 rings (SSSR count). The molecule has 0 fully saturated rings. The van der Waals surface area contributed by atoms with Crippen LogP contribution in [0.2, 0.25) is 0 Å². The number of hydrogen-bond donors (Lipinski definition) is 0. The SMILES string of the molecule is O=C1COc2ccccc2C(=O)N1CCCCBr. The van der Waals surface area contributed by atoms with Gasteiger partial charge >= 0.3 is 0 Å². The van der Waals surface area contributed by atoms with E-state index in [1.807, 2.05) is 0 Å². The molecule has 0 unspecified atom stereocenters. The van der Waals surface area contributed by atoms with Crippen molar-refractivity contribution in [3.63, 3.8) is 0 Å². The van der Waals surface area contributed by atoms with Crippen molar-refractivity contribution in [1.82, 2.24) is 4.90 Å². The molecule has 0 bridgehead atoms. The van der Waals surface area contributed by atoms with Gasteiger partial charge in [0.1, 0.15) is 5.75 Å². The van der Waals surface area contributed by atoms with Crippen LogP contribution in [0.1, 0.15) is 23.2 Å². The molecule has 2 amide bonds. The van der Waals surface area contributed by atoms with Crippen molar-refractivity contribution in [2.45, 2.75) is 12.8 Å². The summed E-state index contributed by atoms with van der Waals surface area (Å²) >= 11 is 3.33. The lowest BCUT2D eigenvalue weighted by Gasteiger charge is -2.17. The highest BCUT2D eigenvalue weighted by Crippen LogP contribution is 2.23. The number of benzene rings is 1. The molecule has 0 saturated heterocycles. The largest absolute Gasteiger partial charge is 0.483 e. The Labute approximate surface area is 114 Å². The van der Waals surface area contributed by atoms with Crippen LogP contribution in [-0.4, -0.2) is 35.2 Å². The van der Waals surface area contributed by atoms with Crippen molar-refractivity contribution < 1.29 is 14.3 Å². The van der Waals surface area contributed by atoms with Gasteiger partial charge in [0.25, 0.3) is 11.8 Å². The van der Waals surface area contributed by atoms with Crippen LogP contribution in [0, 0.1) is 0 Å². The zero-order valence-corrected chi connectivity index (χ0v) is 11.5. The van der Waals surface area contributed by atoms with E-state index in [1.165, 1.54) is 4.90 Å². The molecule has 5 heteroatoms. The Morgan fingerprint density at radius 1 is 1.22 bits per heavy atom. The molecule has 0 N–H and O–H groups in total. The first-order valence-corrected chi connectivity index (χ1v) is 6.98. The average molecular weight is 312 g/mol. The van der Waals surface area contributed by atoms with Gasteiger partial charge in [0, 0.05) is 11.9 Å². The van der Waals surface area contributed by atoms with Gasteiger partial charge in [0.2, 0.25) is 0 Å². The van der Waals surface area contributed by atoms with Crippen molar-refractivity contribution in [3.05, 3.63) is 29.8 Å². The second kappa shape index (κ2) is 6.00. The van der Waals surface area contributed by atoms with E-state index >= 15 is 0 Å². The minimum absolute atomic E-state index is 0.0724. The Balaban J connectivity index is 2.20. The molecular weight excluding hydrogens is 298 g/mol. The van der Waals surface area contributed by atoms with Gasteiger partial charge in [-0.1, -0.05) is 28.1 Å². The van der Waals surface area contributed by atoms with Crippen LogP contribution < -0.4 is 4.74 Å². The smallest absolute Gasteiger partial charge is 0.267 e.